The first kappa shape index (κ1) is 14.4. The van der Waals surface area contributed by atoms with E-state index in [1.165, 1.54) is 0 Å². The molecule has 18 heavy (non-hydrogen) atoms. The van der Waals surface area contributed by atoms with Crippen molar-refractivity contribution in [2.75, 3.05) is 13.2 Å². The molecule has 0 aromatic heterocycles. The summed E-state index contributed by atoms with van der Waals surface area (Å²) in [6, 6.07) is 5.11. The number of benzene rings is 1. The van der Waals surface area contributed by atoms with Crippen LogP contribution in [0.1, 0.15) is 16.7 Å². The highest BCUT2D eigenvalue weighted by molar-refractivity contribution is 5.97. The topological polar surface area (TPSA) is 111 Å². The Labute approximate surface area is 106 Å². The molecule has 1 aromatic carbocycles. The molecule has 6 nitrogen and oxygen atoms in total. The number of aryl methyl sites for hydroxylation is 1. The minimum Gasteiger partial charge on any atom is -0.409 e. The van der Waals surface area contributed by atoms with Gasteiger partial charge in [0.2, 0.25) is 0 Å². The normalized spacial score (nSPS) is 12.1. The van der Waals surface area contributed by atoms with E-state index in [0.717, 1.165) is 11.1 Å². The highest BCUT2D eigenvalue weighted by Crippen LogP contribution is 2.11. The third-order valence-electron chi connectivity index (χ3n) is 2.77. The van der Waals surface area contributed by atoms with Gasteiger partial charge in [-0.3, -0.25) is 0 Å². The van der Waals surface area contributed by atoms with Crippen molar-refractivity contribution in [2.24, 2.45) is 10.9 Å². The fraction of sp³-hybridized carbons (Fsp3) is 0.417. The summed E-state index contributed by atoms with van der Waals surface area (Å²) < 4.78 is 0. The average molecular weight is 253 g/mol. The smallest absolute Gasteiger partial charge is 0.170 e. The number of oxime groups is 1. The minimum absolute atomic E-state index is 0.0706. The maximum absolute atomic E-state index is 8.94. The Morgan fingerprint density at radius 1 is 1.39 bits per heavy atom. The predicted octanol–water partition coefficient (Wildman–Crippen LogP) is -0.468. The van der Waals surface area contributed by atoms with E-state index in [0.29, 0.717) is 12.1 Å². The summed E-state index contributed by atoms with van der Waals surface area (Å²) in [5.74, 6) is 0.0706. The Hall–Kier alpha value is -1.63. The van der Waals surface area contributed by atoms with Crippen LogP contribution in [0.4, 0.5) is 0 Å². The summed E-state index contributed by atoms with van der Waals surface area (Å²) in [5, 5.41) is 32.4. The van der Waals surface area contributed by atoms with Crippen molar-refractivity contribution in [1.82, 2.24) is 5.32 Å². The number of nitrogens with zero attached hydrogens (tertiary/aromatic N) is 1. The van der Waals surface area contributed by atoms with E-state index in [4.69, 9.17) is 21.2 Å². The van der Waals surface area contributed by atoms with Crippen LogP contribution in [-0.4, -0.2) is 40.5 Å². The van der Waals surface area contributed by atoms with Gasteiger partial charge >= 0.3 is 0 Å². The van der Waals surface area contributed by atoms with Gasteiger partial charge in [-0.25, -0.2) is 0 Å². The van der Waals surface area contributed by atoms with Crippen LogP contribution in [0, 0.1) is 6.92 Å². The second kappa shape index (κ2) is 6.95. The maximum Gasteiger partial charge on any atom is 0.170 e. The van der Waals surface area contributed by atoms with E-state index in [2.05, 4.69) is 10.5 Å². The lowest BCUT2D eigenvalue weighted by atomic mass is 10.0. The van der Waals surface area contributed by atoms with Crippen molar-refractivity contribution in [3.8, 4) is 0 Å². The fourth-order valence-corrected chi connectivity index (χ4v) is 1.55. The molecule has 0 bridgehead atoms. The van der Waals surface area contributed by atoms with E-state index in [-0.39, 0.29) is 25.1 Å². The Morgan fingerprint density at radius 3 is 2.56 bits per heavy atom. The van der Waals surface area contributed by atoms with Gasteiger partial charge in [-0.15, -0.1) is 0 Å². The van der Waals surface area contributed by atoms with Gasteiger partial charge in [0.25, 0.3) is 0 Å². The molecule has 0 fully saturated rings. The zero-order valence-electron chi connectivity index (χ0n) is 10.3. The van der Waals surface area contributed by atoms with Crippen molar-refractivity contribution in [3.05, 3.63) is 34.9 Å². The van der Waals surface area contributed by atoms with Crippen molar-refractivity contribution in [3.63, 3.8) is 0 Å². The fourth-order valence-electron chi connectivity index (χ4n) is 1.55. The molecule has 1 rings (SSSR count). The highest BCUT2D eigenvalue weighted by atomic mass is 16.4. The molecule has 100 valence electrons. The van der Waals surface area contributed by atoms with Crippen molar-refractivity contribution >= 4 is 5.84 Å². The van der Waals surface area contributed by atoms with Crippen LogP contribution in [-0.2, 0) is 6.54 Å². The standard InChI is InChI=1S/C12H19N3O3/c1-8-4-9(12(13)15-18)2-3-10(8)5-14-11(6-16)7-17/h2-4,11,14,16-18H,5-7H2,1H3,(H2,13,15). The first-order valence-corrected chi connectivity index (χ1v) is 5.65. The summed E-state index contributed by atoms with van der Waals surface area (Å²) in [5.41, 5.74) is 8.16. The summed E-state index contributed by atoms with van der Waals surface area (Å²) in [6.07, 6.45) is 0. The van der Waals surface area contributed by atoms with Crippen LogP contribution in [0.25, 0.3) is 0 Å². The lowest BCUT2D eigenvalue weighted by Gasteiger charge is -2.15. The summed E-state index contributed by atoms with van der Waals surface area (Å²) in [6.45, 7) is 2.22. The van der Waals surface area contributed by atoms with E-state index < -0.39 is 0 Å². The first-order valence-electron chi connectivity index (χ1n) is 5.65. The summed E-state index contributed by atoms with van der Waals surface area (Å²) in [4.78, 5) is 0. The Kier molecular flexibility index (Phi) is 5.57. The molecular formula is C12H19N3O3. The van der Waals surface area contributed by atoms with Gasteiger partial charge in [0.05, 0.1) is 19.3 Å². The number of rotatable bonds is 6. The second-order valence-electron chi connectivity index (χ2n) is 4.07. The van der Waals surface area contributed by atoms with Crippen molar-refractivity contribution in [1.29, 1.82) is 0 Å². The number of nitrogens with one attached hydrogen (secondary N) is 1. The lowest BCUT2D eigenvalue weighted by Crippen LogP contribution is -2.35. The molecule has 0 atom stereocenters. The molecule has 0 aliphatic heterocycles. The SMILES string of the molecule is Cc1cc(/C(N)=N/O)ccc1CNC(CO)CO. The molecule has 0 unspecified atom stereocenters. The van der Waals surface area contributed by atoms with E-state index >= 15 is 0 Å². The van der Waals surface area contributed by atoms with E-state index in [9.17, 15) is 0 Å². The molecular weight excluding hydrogens is 234 g/mol. The van der Waals surface area contributed by atoms with Crippen LogP contribution < -0.4 is 11.1 Å². The zero-order chi connectivity index (χ0) is 13.5. The maximum atomic E-state index is 8.94. The van der Waals surface area contributed by atoms with Gasteiger partial charge in [-0.1, -0.05) is 17.3 Å². The minimum atomic E-state index is -0.326. The van der Waals surface area contributed by atoms with Crippen molar-refractivity contribution < 1.29 is 15.4 Å². The van der Waals surface area contributed by atoms with Gasteiger partial charge in [0.15, 0.2) is 5.84 Å². The van der Waals surface area contributed by atoms with Crippen LogP contribution in [0.5, 0.6) is 0 Å². The molecule has 0 saturated heterocycles. The zero-order valence-corrected chi connectivity index (χ0v) is 10.3. The molecule has 0 radical (unpaired) electrons. The molecule has 1 aromatic rings. The number of aliphatic hydroxyl groups is 2. The molecule has 0 saturated carbocycles. The molecule has 0 spiro atoms. The van der Waals surface area contributed by atoms with Gasteiger partial charge < -0.3 is 26.5 Å². The quantitative estimate of drug-likeness (QED) is 0.204. The molecule has 0 aliphatic carbocycles. The lowest BCUT2D eigenvalue weighted by molar-refractivity contribution is 0.170. The largest absolute Gasteiger partial charge is 0.409 e. The molecule has 6 heteroatoms. The summed E-state index contributed by atoms with van der Waals surface area (Å²) in [7, 11) is 0. The monoisotopic (exact) mass is 253 g/mol. The molecule has 0 amide bonds. The number of aliphatic hydroxyl groups excluding tert-OH is 2. The van der Waals surface area contributed by atoms with E-state index in [1.54, 1.807) is 6.07 Å². The Bertz CT molecular complexity index is 417. The predicted molar refractivity (Wildman–Crippen MR) is 68.5 cm³/mol. The molecule has 0 aliphatic rings. The third kappa shape index (κ3) is 3.69. The van der Waals surface area contributed by atoms with Crippen LogP contribution in [0.3, 0.4) is 0 Å². The van der Waals surface area contributed by atoms with Crippen LogP contribution >= 0.6 is 0 Å². The Morgan fingerprint density at radius 2 is 2.06 bits per heavy atom. The summed E-state index contributed by atoms with van der Waals surface area (Å²) >= 11 is 0. The number of amidine groups is 1. The van der Waals surface area contributed by atoms with Crippen LogP contribution in [0.15, 0.2) is 23.4 Å². The van der Waals surface area contributed by atoms with E-state index in [1.807, 2.05) is 19.1 Å². The van der Waals surface area contributed by atoms with Crippen LogP contribution in [0.2, 0.25) is 0 Å². The first-order chi connectivity index (χ1) is 8.62. The second-order valence-corrected chi connectivity index (χ2v) is 4.07. The van der Waals surface area contributed by atoms with Gasteiger partial charge in [-0.2, -0.15) is 0 Å². The molecule has 6 N–H and O–H groups in total. The number of hydrogen-bond acceptors (Lipinski definition) is 5. The van der Waals surface area contributed by atoms with Crippen molar-refractivity contribution in [2.45, 2.75) is 19.5 Å². The van der Waals surface area contributed by atoms with Gasteiger partial charge in [0.1, 0.15) is 0 Å². The Balaban J connectivity index is 2.74. The number of nitrogens with two attached hydrogens (primary N) is 1. The highest BCUT2D eigenvalue weighted by Gasteiger charge is 2.07. The number of hydrogen-bond donors (Lipinski definition) is 5. The third-order valence-corrected chi connectivity index (χ3v) is 2.77. The molecule has 0 heterocycles. The van der Waals surface area contributed by atoms with Gasteiger partial charge in [0, 0.05) is 12.1 Å². The average Bonchev–Trinajstić information content (AvgIpc) is 2.40. The van der Waals surface area contributed by atoms with Gasteiger partial charge in [-0.05, 0) is 24.1 Å².